The van der Waals surface area contributed by atoms with Crippen LogP contribution in [0.4, 0.5) is 5.69 Å². The van der Waals surface area contributed by atoms with Gasteiger partial charge in [0.2, 0.25) is 0 Å². The molecule has 0 unspecified atom stereocenters. The highest BCUT2D eigenvalue weighted by Crippen LogP contribution is 2.22. The van der Waals surface area contributed by atoms with Gasteiger partial charge in [0.05, 0.1) is 21.6 Å². The largest absolute Gasteiger partial charge is 0.322 e. The summed E-state index contributed by atoms with van der Waals surface area (Å²) in [5.74, 6) is -0.291. The third-order valence-corrected chi connectivity index (χ3v) is 4.48. The molecule has 0 fully saturated rings. The van der Waals surface area contributed by atoms with Gasteiger partial charge >= 0.3 is 0 Å². The molecule has 1 heterocycles. The molecule has 0 saturated heterocycles. The summed E-state index contributed by atoms with van der Waals surface area (Å²) in [6, 6.07) is 21.0. The number of rotatable bonds is 3. The molecule has 0 atom stereocenters. The fraction of sp³-hybridized carbons (Fsp3) is 0. The zero-order valence-electron chi connectivity index (χ0n) is 14.1. The molecule has 3 aromatic carbocycles. The predicted molar refractivity (Wildman–Crippen MR) is 107 cm³/mol. The maximum atomic E-state index is 12.8. The summed E-state index contributed by atoms with van der Waals surface area (Å²) >= 11 is 6.30. The highest BCUT2D eigenvalue weighted by molar-refractivity contribution is 6.32. The molecule has 4 rings (SSSR count). The number of para-hydroxylation sites is 2. The molecule has 0 aliphatic heterocycles. The lowest BCUT2D eigenvalue weighted by molar-refractivity contribution is 0.102. The van der Waals surface area contributed by atoms with Crippen molar-refractivity contribution < 1.29 is 4.79 Å². The number of hydrogen-bond acceptors (Lipinski definition) is 3. The minimum absolute atomic E-state index is 0.247. The molecule has 1 N–H and O–H groups in total. The van der Waals surface area contributed by atoms with Gasteiger partial charge in [-0.1, -0.05) is 41.9 Å². The van der Waals surface area contributed by atoms with Crippen molar-refractivity contribution in [1.82, 2.24) is 9.55 Å². The maximum absolute atomic E-state index is 12.8. The fourth-order valence-electron chi connectivity index (χ4n) is 2.80. The van der Waals surface area contributed by atoms with Gasteiger partial charge in [-0.05, 0) is 42.5 Å². The molecule has 0 spiro atoms. The summed E-state index contributed by atoms with van der Waals surface area (Å²) in [5.41, 5.74) is 1.83. The summed E-state index contributed by atoms with van der Waals surface area (Å²) in [6.45, 7) is 0. The molecule has 1 aromatic heterocycles. The number of anilines is 1. The molecule has 132 valence electrons. The summed E-state index contributed by atoms with van der Waals surface area (Å²) in [5, 5.41) is 3.65. The minimum atomic E-state index is -0.291. The van der Waals surface area contributed by atoms with Crippen LogP contribution in [0.3, 0.4) is 0 Å². The van der Waals surface area contributed by atoms with Crippen molar-refractivity contribution in [1.29, 1.82) is 0 Å². The van der Waals surface area contributed by atoms with E-state index in [9.17, 15) is 9.59 Å². The Morgan fingerprint density at radius 3 is 2.52 bits per heavy atom. The Labute approximate surface area is 159 Å². The average Bonchev–Trinajstić information content (AvgIpc) is 2.70. The SMILES string of the molecule is O=C(Nc1ccccc1)c1ccc(Cl)c(-n2cnc3ccccc3c2=O)c1. The second-order valence-electron chi connectivity index (χ2n) is 5.92. The van der Waals surface area contributed by atoms with Crippen molar-refractivity contribution in [3.63, 3.8) is 0 Å². The van der Waals surface area contributed by atoms with E-state index < -0.39 is 0 Å². The number of nitrogens with zero attached hydrogens (tertiary/aromatic N) is 2. The Morgan fingerprint density at radius 2 is 1.70 bits per heavy atom. The molecular formula is C21H14ClN3O2. The van der Waals surface area contributed by atoms with E-state index in [0.29, 0.717) is 32.9 Å². The van der Waals surface area contributed by atoms with Gasteiger partial charge < -0.3 is 5.32 Å². The van der Waals surface area contributed by atoms with E-state index in [4.69, 9.17) is 11.6 Å². The Balaban J connectivity index is 1.76. The van der Waals surface area contributed by atoms with Crippen molar-refractivity contribution in [2.75, 3.05) is 5.32 Å². The van der Waals surface area contributed by atoms with Crippen molar-refractivity contribution in [3.05, 3.63) is 100 Å². The molecule has 0 radical (unpaired) electrons. The van der Waals surface area contributed by atoms with Crippen molar-refractivity contribution in [3.8, 4) is 5.69 Å². The first-order valence-corrected chi connectivity index (χ1v) is 8.64. The van der Waals surface area contributed by atoms with E-state index in [1.165, 1.54) is 10.9 Å². The molecule has 6 heteroatoms. The number of benzene rings is 3. The highest BCUT2D eigenvalue weighted by atomic mass is 35.5. The van der Waals surface area contributed by atoms with Gasteiger partial charge in [0.25, 0.3) is 11.5 Å². The molecule has 27 heavy (non-hydrogen) atoms. The zero-order chi connectivity index (χ0) is 18.8. The number of carbonyl (C=O) groups excluding carboxylic acids is 1. The first-order valence-electron chi connectivity index (χ1n) is 8.26. The van der Waals surface area contributed by atoms with Crippen LogP contribution in [0.25, 0.3) is 16.6 Å². The number of halogens is 1. The number of nitrogens with one attached hydrogen (secondary N) is 1. The highest BCUT2D eigenvalue weighted by Gasteiger charge is 2.13. The first kappa shape index (κ1) is 17.0. The average molecular weight is 376 g/mol. The van der Waals surface area contributed by atoms with Gasteiger partial charge in [0.15, 0.2) is 0 Å². The quantitative estimate of drug-likeness (QED) is 0.581. The number of hydrogen-bond donors (Lipinski definition) is 1. The van der Waals surface area contributed by atoms with Crippen molar-refractivity contribution >= 4 is 34.1 Å². The van der Waals surface area contributed by atoms with Crippen LogP contribution in [0.2, 0.25) is 5.02 Å². The van der Waals surface area contributed by atoms with E-state index in [1.807, 2.05) is 24.3 Å². The van der Waals surface area contributed by atoms with Crippen molar-refractivity contribution in [2.45, 2.75) is 0 Å². The van der Waals surface area contributed by atoms with Crippen LogP contribution in [0.1, 0.15) is 10.4 Å². The number of aromatic nitrogens is 2. The molecule has 1 amide bonds. The number of fused-ring (bicyclic) bond motifs is 1. The van der Waals surface area contributed by atoms with Gasteiger partial charge in [-0.3, -0.25) is 14.2 Å². The maximum Gasteiger partial charge on any atom is 0.265 e. The Morgan fingerprint density at radius 1 is 0.963 bits per heavy atom. The molecular weight excluding hydrogens is 362 g/mol. The summed E-state index contributed by atoms with van der Waals surface area (Å²) in [7, 11) is 0. The molecule has 0 saturated carbocycles. The lowest BCUT2D eigenvalue weighted by Crippen LogP contribution is -2.20. The molecule has 0 aliphatic rings. The Bertz CT molecular complexity index is 1200. The number of carbonyl (C=O) groups is 1. The second-order valence-corrected chi connectivity index (χ2v) is 6.33. The number of amides is 1. The van der Waals surface area contributed by atoms with Crippen LogP contribution in [0.15, 0.2) is 83.9 Å². The van der Waals surface area contributed by atoms with Crippen LogP contribution < -0.4 is 10.9 Å². The smallest absolute Gasteiger partial charge is 0.265 e. The summed E-state index contributed by atoms with van der Waals surface area (Å²) in [6.07, 6.45) is 1.42. The van der Waals surface area contributed by atoms with Gasteiger partial charge in [-0.25, -0.2) is 4.98 Å². The van der Waals surface area contributed by atoms with E-state index in [2.05, 4.69) is 10.3 Å². The topological polar surface area (TPSA) is 64.0 Å². The van der Waals surface area contributed by atoms with Gasteiger partial charge in [-0.15, -0.1) is 0 Å². The second kappa shape index (κ2) is 7.05. The standard InChI is InChI=1S/C21H14ClN3O2/c22-17-11-10-14(20(26)24-15-6-2-1-3-7-15)12-19(17)25-13-23-18-9-5-4-8-16(18)21(25)27/h1-13H,(H,24,26). The van der Waals surface area contributed by atoms with Gasteiger partial charge in [0, 0.05) is 11.3 Å². The van der Waals surface area contributed by atoms with Crippen LogP contribution in [-0.2, 0) is 0 Å². The first-order chi connectivity index (χ1) is 13.1. The monoisotopic (exact) mass is 375 g/mol. The predicted octanol–water partition coefficient (Wildman–Crippen LogP) is 4.29. The Kier molecular flexibility index (Phi) is 4.44. The zero-order valence-corrected chi connectivity index (χ0v) is 14.9. The minimum Gasteiger partial charge on any atom is -0.322 e. The van der Waals surface area contributed by atoms with E-state index in [1.54, 1.807) is 48.5 Å². The lowest BCUT2D eigenvalue weighted by atomic mass is 10.1. The van der Waals surface area contributed by atoms with E-state index in [0.717, 1.165) is 0 Å². The van der Waals surface area contributed by atoms with Crippen LogP contribution in [-0.4, -0.2) is 15.5 Å². The molecule has 4 aromatic rings. The molecule has 5 nitrogen and oxygen atoms in total. The normalized spacial score (nSPS) is 10.7. The third kappa shape index (κ3) is 3.32. The fourth-order valence-corrected chi connectivity index (χ4v) is 3.01. The van der Waals surface area contributed by atoms with Crippen LogP contribution in [0.5, 0.6) is 0 Å². The van der Waals surface area contributed by atoms with Gasteiger partial charge in [-0.2, -0.15) is 0 Å². The third-order valence-electron chi connectivity index (χ3n) is 4.17. The van der Waals surface area contributed by atoms with Crippen LogP contribution >= 0.6 is 11.6 Å². The lowest BCUT2D eigenvalue weighted by Gasteiger charge is -2.11. The van der Waals surface area contributed by atoms with Gasteiger partial charge in [0.1, 0.15) is 6.33 Å². The van der Waals surface area contributed by atoms with Crippen molar-refractivity contribution in [2.24, 2.45) is 0 Å². The summed E-state index contributed by atoms with van der Waals surface area (Å²) in [4.78, 5) is 29.7. The Hall–Kier alpha value is -3.44. The molecule has 0 aliphatic carbocycles. The van der Waals surface area contributed by atoms with Crippen LogP contribution in [0, 0.1) is 0 Å². The molecule has 0 bridgehead atoms. The van der Waals surface area contributed by atoms with E-state index in [-0.39, 0.29) is 11.5 Å². The summed E-state index contributed by atoms with van der Waals surface area (Å²) < 4.78 is 1.35. The van der Waals surface area contributed by atoms with E-state index >= 15 is 0 Å².